The number of ether oxygens (including phenoxy) is 1. The van der Waals surface area contributed by atoms with Gasteiger partial charge in [-0.25, -0.2) is 12.8 Å². The molecule has 0 atom stereocenters. The number of nitrogens with zero attached hydrogens (tertiary/aromatic N) is 3. The van der Waals surface area contributed by atoms with Gasteiger partial charge in [0.2, 0.25) is 26.6 Å². The lowest BCUT2D eigenvalue weighted by molar-refractivity contribution is 0.209. The summed E-state index contributed by atoms with van der Waals surface area (Å²) in [4.78, 5) is 8.77. The molecule has 7 nitrogen and oxygen atoms in total. The van der Waals surface area contributed by atoms with Crippen LogP contribution in [0.5, 0.6) is 5.75 Å². The Morgan fingerprint density at radius 1 is 0.786 bits per heavy atom. The standard InChI is InChI=1S/C33H30FN3O4S/c1-40-28-16-12-26(13-17-28)31-35-32(42(38,39)29-18-14-27(34)15-19-29)33(41-31)37-22-20-36(21-23-37)30(24-8-4-2-5-9-24)25-10-6-3-7-11-25/h2-19,30H,20-23H2,1H3. The topological polar surface area (TPSA) is 75.9 Å². The number of rotatable bonds is 8. The Morgan fingerprint density at radius 3 is 1.90 bits per heavy atom. The number of hydrogen-bond acceptors (Lipinski definition) is 7. The van der Waals surface area contributed by atoms with Crippen LogP contribution in [0.1, 0.15) is 17.2 Å². The average Bonchev–Trinajstić information content (AvgIpc) is 3.50. The smallest absolute Gasteiger partial charge is 0.236 e. The highest BCUT2D eigenvalue weighted by molar-refractivity contribution is 7.91. The van der Waals surface area contributed by atoms with Gasteiger partial charge in [-0.15, -0.1) is 0 Å². The second kappa shape index (κ2) is 11.8. The third-order valence-corrected chi connectivity index (χ3v) is 9.16. The molecule has 0 unspecified atom stereocenters. The molecular formula is C33H30FN3O4S. The van der Waals surface area contributed by atoms with Crippen LogP contribution in [0.25, 0.3) is 11.5 Å². The maximum Gasteiger partial charge on any atom is 0.236 e. The molecule has 9 heteroatoms. The van der Waals surface area contributed by atoms with Gasteiger partial charge in [0, 0.05) is 31.7 Å². The molecule has 6 rings (SSSR count). The highest BCUT2D eigenvalue weighted by Crippen LogP contribution is 2.37. The lowest BCUT2D eigenvalue weighted by Crippen LogP contribution is -2.48. The number of benzene rings is 4. The van der Waals surface area contributed by atoms with Gasteiger partial charge in [0.15, 0.2) is 0 Å². The number of aromatic nitrogens is 1. The van der Waals surface area contributed by atoms with E-state index in [1.807, 2.05) is 41.3 Å². The molecule has 0 bridgehead atoms. The summed E-state index contributed by atoms with van der Waals surface area (Å²) < 4.78 is 52.7. The van der Waals surface area contributed by atoms with Gasteiger partial charge in [0.1, 0.15) is 11.6 Å². The molecule has 1 aliphatic heterocycles. The molecule has 4 aromatic carbocycles. The summed E-state index contributed by atoms with van der Waals surface area (Å²) >= 11 is 0. The van der Waals surface area contributed by atoms with Crippen molar-refractivity contribution < 1.29 is 22.0 Å². The lowest BCUT2D eigenvalue weighted by atomic mass is 9.96. The molecule has 0 spiro atoms. The van der Waals surface area contributed by atoms with E-state index in [1.54, 1.807) is 31.4 Å². The van der Waals surface area contributed by atoms with Gasteiger partial charge >= 0.3 is 0 Å². The minimum Gasteiger partial charge on any atom is -0.497 e. The first-order valence-electron chi connectivity index (χ1n) is 13.7. The quantitative estimate of drug-likeness (QED) is 0.200. The average molecular weight is 584 g/mol. The summed E-state index contributed by atoms with van der Waals surface area (Å²) in [5.74, 6) is 0.505. The number of oxazole rings is 1. The third-order valence-electron chi connectivity index (χ3n) is 7.49. The van der Waals surface area contributed by atoms with E-state index in [2.05, 4.69) is 34.1 Å². The first-order chi connectivity index (χ1) is 20.4. The largest absolute Gasteiger partial charge is 0.497 e. The minimum atomic E-state index is -4.10. The number of piperazine rings is 1. The third kappa shape index (κ3) is 5.53. The first kappa shape index (κ1) is 27.7. The molecule has 1 fully saturated rings. The van der Waals surface area contributed by atoms with Crippen molar-refractivity contribution >= 4 is 15.7 Å². The van der Waals surface area contributed by atoms with Crippen molar-refractivity contribution in [1.82, 2.24) is 9.88 Å². The summed E-state index contributed by atoms with van der Waals surface area (Å²) in [6, 6.07) is 32.6. The molecule has 214 valence electrons. The van der Waals surface area contributed by atoms with Crippen LogP contribution in [-0.4, -0.2) is 51.6 Å². The Balaban J connectivity index is 1.34. The maximum absolute atomic E-state index is 13.8. The van der Waals surface area contributed by atoms with Gasteiger partial charge < -0.3 is 14.1 Å². The normalized spacial score (nSPS) is 14.3. The van der Waals surface area contributed by atoms with Gasteiger partial charge in [0.25, 0.3) is 0 Å². The van der Waals surface area contributed by atoms with Crippen LogP contribution in [0, 0.1) is 5.82 Å². The number of anilines is 1. The van der Waals surface area contributed by atoms with E-state index in [-0.39, 0.29) is 27.7 Å². The SMILES string of the molecule is COc1ccc(-c2nc(S(=O)(=O)c3ccc(F)cc3)c(N3CCN(C(c4ccccc4)c4ccccc4)CC3)o2)cc1. The summed E-state index contributed by atoms with van der Waals surface area (Å²) in [6.45, 7) is 2.39. The Bertz CT molecular complexity index is 1700. The lowest BCUT2D eigenvalue weighted by Gasteiger charge is -2.39. The predicted molar refractivity (Wildman–Crippen MR) is 159 cm³/mol. The van der Waals surface area contributed by atoms with E-state index >= 15 is 0 Å². The maximum atomic E-state index is 13.8. The molecule has 1 saturated heterocycles. The molecule has 0 N–H and O–H groups in total. The number of hydrogen-bond donors (Lipinski definition) is 0. The monoisotopic (exact) mass is 583 g/mol. The Kier molecular flexibility index (Phi) is 7.78. The van der Waals surface area contributed by atoms with E-state index in [0.717, 1.165) is 12.1 Å². The molecule has 1 aliphatic rings. The van der Waals surface area contributed by atoms with Crippen molar-refractivity contribution in [3.05, 3.63) is 126 Å². The van der Waals surface area contributed by atoms with Crippen LogP contribution >= 0.6 is 0 Å². The number of halogens is 1. The minimum absolute atomic E-state index is 0.0495. The van der Waals surface area contributed by atoms with Crippen molar-refractivity contribution in [2.45, 2.75) is 16.0 Å². The van der Waals surface area contributed by atoms with Crippen molar-refractivity contribution in [3.8, 4) is 17.2 Å². The predicted octanol–water partition coefficient (Wildman–Crippen LogP) is 6.23. The highest BCUT2D eigenvalue weighted by Gasteiger charge is 2.34. The summed E-state index contributed by atoms with van der Waals surface area (Å²) in [7, 11) is -2.53. The molecule has 0 radical (unpaired) electrons. The zero-order valence-electron chi connectivity index (χ0n) is 23.1. The van der Waals surface area contributed by atoms with Crippen molar-refractivity contribution in [3.63, 3.8) is 0 Å². The Morgan fingerprint density at radius 2 is 1.36 bits per heavy atom. The van der Waals surface area contributed by atoms with Crippen molar-refractivity contribution in [2.75, 3.05) is 38.2 Å². The van der Waals surface area contributed by atoms with Gasteiger partial charge in [0.05, 0.1) is 18.0 Å². The van der Waals surface area contributed by atoms with Crippen LogP contribution in [0.2, 0.25) is 0 Å². The van der Waals surface area contributed by atoms with E-state index in [9.17, 15) is 12.8 Å². The second-order valence-corrected chi connectivity index (χ2v) is 11.9. The second-order valence-electron chi connectivity index (χ2n) is 10.1. The molecule has 2 heterocycles. The zero-order valence-corrected chi connectivity index (χ0v) is 23.9. The van der Waals surface area contributed by atoms with Crippen molar-refractivity contribution in [1.29, 1.82) is 0 Å². The number of methoxy groups -OCH3 is 1. The van der Waals surface area contributed by atoms with Crippen LogP contribution in [-0.2, 0) is 9.84 Å². The fourth-order valence-electron chi connectivity index (χ4n) is 5.32. The van der Waals surface area contributed by atoms with Crippen LogP contribution in [0.3, 0.4) is 0 Å². The molecule has 0 amide bonds. The summed E-state index contributed by atoms with van der Waals surface area (Å²) in [6.07, 6.45) is 0. The van der Waals surface area contributed by atoms with Gasteiger partial charge in [-0.2, -0.15) is 4.98 Å². The fourth-order valence-corrected chi connectivity index (χ4v) is 6.64. The summed E-state index contributed by atoms with van der Waals surface area (Å²) in [5.41, 5.74) is 3.00. The molecule has 0 saturated carbocycles. The van der Waals surface area contributed by atoms with Crippen LogP contribution in [0.4, 0.5) is 10.3 Å². The van der Waals surface area contributed by atoms with Gasteiger partial charge in [-0.3, -0.25) is 4.90 Å². The van der Waals surface area contributed by atoms with E-state index in [4.69, 9.17) is 9.15 Å². The molecule has 42 heavy (non-hydrogen) atoms. The van der Waals surface area contributed by atoms with Gasteiger partial charge in [-0.05, 0) is 59.7 Å². The van der Waals surface area contributed by atoms with E-state index in [0.29, 0.717) is 37.5 Å². The van der Waals surface area contributed by atoms with Crippen molar-refractivity contribution in [2.24, 2.45) is 0 Å². The van der Waals surface area contributed by atoms with E-state index in [1.165, 1.54) is 23.3 Å². The Hall–Kier alpha value is -4.47. The highest BCUT2D eigenvalue weighted by atomic mass is 32.2. The van der Waals surface area contributed by atoms with Crippen LogP contribution < -0.4 is 9.64 Å². The molecule has 5 aromatic rings. The Labute approximate surface area is 244 Å². The van der Waals surface area contributed by atoms with Crippen LogP contribution in [0.15, 0.2) is 124 Å². The molecule has 1 aromatic heterocycles. The summed E-state index contributed by atoms with van der Waals surface area (Å²) in [5, 5.41) is -0.184. The van der Waals surface area contributed by atoms with E-state index < -0.39 is 15.7 Å². The first-order valence-corrected chi connectivity index (χ1v) is 15.2. The van der Waals surface area contributed by atoms with Gasteiger partial charge in [-0.1, -0.05) is 60.7 Å². The molecular weight excluding hydrogens is 553 g/mol. The molecule has 0 aliphatic carbocycles. The number of sulfone groups is 1. The zero-order chi connectivity index (χ0) is 29.1. The fraction of sp³-hybridized carbons (Fsp3) is 0.182.